The van der Waals surface area contributed by atoms with Gasteiger partial charge < -0.3 is 4.42 Å². The normalized spacial score (nSPS) is 11.3. The van der Waals surface area contributed by atoms with Crippen molar-refractivity contribution < 1.29 is 41.7 Å². The second kappa shape index (κ2) is 9.37. The van der Waals surface area contributed by atoms with Crippen molar-refractivity contribution in [2.75, 3.05) is 0 Å². The van der Waals surface area contributed by atoms with Crippen LogP contribution in [0.25, 0.3) is 61.1 Å². The van der Waals surface area contributed by atoms with Crippen molar-refractivity contribution in [1.82, 2.24) is 9.55 Å². The molecule has 0 N–H and O–H groups in total. The first kappa shape index (κ1) is 23.8. The third kappa shape index (κ3) is 3.83. The predicted molar refractivity (Wildman–Crippen MR) is 143 cm³/mol. The number of rotatable bonds is 3. The Balaban J connectivity index is 0.00000252. The number of nitrogens with zero attached hydrogens (tertiary/aromatic N) is 3. The van der Waals surface area contributed by atoms with Gasteiger partial charge in [-0.05, 0) is 29.8 Å². The van der Waals surface area contributed by atoms with E-state index in [0.29, 0.717) is 0 Å². The van der Waals surface area contributed by atoms with Crippen molar-refractivity contribution in [2.45, 2.75) is 6.92 Å². The summed E-state index contributed by atoms with van der Waals surface area (Å²) < 4.78 is 10.0. The summed E-state index contributed by atoms with van der Waals surface area (Å²) in [6.45, 7) is 2.15. The Morgan fingerprint density at radius 3 is 2.43 bits per heavy atom. The van der Waals surface area contributed by atoms with Gasteiger partial charge in [0.2, 0.25) is 5.82 Å². The molecular formula is C32H22N3OY-. The summed E-state index contributed by atoms with van der Waals surface area (Å²) >= 11 is 0. The van der Waals surface area contributed by atoms with Crippen molar-refractivity contribution >= 4 is 32.9 Å². The minimum absolute atomic E-state index is 0. The Morgan fingerprint density at radius 2 is 1.57 bits per heavy atom. The summed E-state index contributed by atoms with van der Waals surface area (Å²) in [5.74, 6) is 1.09. The molecule has 1 radical (unpaired) electrons. The van der Waals surface area contributed by atoms with E-state index < -0.39 is 0 Å². The van der Waals surface area contributed by atoms with Gasteiger partial charge in [-0.1, -0.05) is 48.7 Å². The largest absolute Gasteiger partial charge is 0.445 e. The molecule has 0 saturated carbocycles. The van der Waals surface area contributed by atoms with Crippen LogP contribution in [0.3, 0.4) is 0 Å². The molecule has 0 aliphatic carbocycles. The minimum atomic E-state index is 0. The Hall–Kier alpha value is -3.60. The first-order valence-corrected chi connectivity index (χ1v) is 12.0. The molecule has 37 heavy (non-hydrogen) atoms. The zero-order chi connectivity index (χ0) is 24.2. The van der Waals surface area contributed by atoms with Crippen molar-refractivity contribution in [3.63, 3.8) is 0 Å². The molecule has 4 nitrogen and oxygen atoms in total. The number of imidazole rings is 1. The van der Waals surface area contributed by atoms with Crippen LogP contribution in [0.15, 0.2) is 102 Å². The van der Waals surface area contributed by atoms with E-state index >= 15 is 0 Å². The van der Waals surface area contributed by atoms with Crippen LogP contribution >= 0.6 is 0 Å². The summed E-state index contributed by atoms with van der Waals surface area (Å²) in [5.41, 5.74) is 9.33. The van der Waals surface area contributed by atoms with E-state index in [-0.39, 0.29) is 32.7 Å². The standard InChI is InChI=1S/C32H22N3O.Y/c1-21-12-13-23(22-14-16-26-24(18-22)15-17-30-31(26)33-20-36-30)19-27(21)32-34(2)28-10-6-7-11-29(28)35(32)25-8-4-3-5-9-25;/h3-17,20H,1-2H3;/q-1;. The number of oxazole rings is 1. The first-order chi connectivity index (χ1) is 17.7. The molecule has 0 fully saturated rings. The Kier molecular flexibility index (Phi) is 6.02. The molecule has 5 heteroatoms. The summed E-state index contributed by atoms with van der Waals surface area (Å²) in [5, 5.41) is 2.04. The zero-order valence-corrected chi connectivity index (χ0v) is 23.4. The second-order valence-electron chi connectivity index (χ2n) is 9.07. The van der Waals surface area contributed by atoms with Crippen molar-refractivity contribution in [3.05, 3.63) is 115 Å². The number of fused-ring (bicyclic) bond motifs is 4. The SMILES string of the molecule is Cc1ccc(-c2[c-]c3ccc4ocnc4c3cc2)[c-]c1-c1n(-c2ccccc2)c2ccccc2[n+]1C.[Y]. The van der Waals surface area contributed by atoms with E-state index in [9.17, 15) is 0 Å². The van der Waals surface area contributed by atoms with Gasteiger partial charge >= 0.3 is 0 Å². The topological polar surface area (TPSA) is 34.8 Å². The second-order valence-corrected chi connectivity index (χ2v) is 9.07. The van der Waals surface area contributed by atoms with Crippen LogP contribution in [0.5, 0.6) is 0 Å². The van der Waals surface area contributed by atoms with Gasteiger partial charge in [-0.2, -0.15) is 29.3 Å². The van der Waals surface area contributed by atoms with E-state index in [1.54, 1.807) is 0 Å². The Morgan fingerprint density at radius 1 is 0.811 bits per heavy atom. The van der Waals surface area contributed by atoms with E-state index in [1.165, 1.54) is 17.5 Å². The number of para-hydroxylation sites is 3. The summed E-state index contributed by atoms with van der Waals surface area (Å²) in [6, 6.07) is 38.8. The van der Waals surface area contributed by atoms with Gasteiger partial charge in [0.1, 0.15) is 11.3 Å². The average Bonchev–Trinajstić information content (AvgIpc) is 3.52. The van der Waals surface area contributed by atoms with Crippen LogP contribution in [0, 0.1) is 19.1 Å². The van der Waals surface area contributed by atoms with E-state index in [0.717, 1.165) is 55.6 Å². The molecule has 175 valence electrons. The summed E-state index contributed by atoms with van der Waals surface area (Å²) in [6.07, 6.45) is 1.49. The molecule has 0 unspecified atom stereocenters. The number of aryl methyl sites for hydroxylation is 2. The Bertz CT molecular complexity index is 1920. The number of aromatic nitrogens is 3. The maximum Gasteiger partial charge on any atom is 0.229 e. The van der Waals surface area contributed by atoms with Crippen molar-refractivity contribution in [3.8, 4) is 28.2 Å². The zero-order valence-electron chi connectivity index (χ0n) is 20.6. The van der Waals surface area contributed by atoms with Gasteiger partial charge in [-0.25, -0.2) is 9.55 Å². The summed E-state index contributed by atoms with van der Waals surface area (Å²) in [7, 11) is 2.13. The van der Waals surface area contributed by atoms with Gasteiger partial charge in [0, 0.05) is 32.7 Å². The number of benzene rings is 5. The maximum atomic E-state index is 5.47. The average molecular weight is 553 g/mol. The molecule has 5 aromatic carbocycles. The monoisotopic (exact) mass is 553 g/mol. The molecule has 2 heterocycles. The predicted octanol–water partition coefficient (Wildman–Crippen LogP) is 6.99. The van der Waals surface area contributed by atoms with E-state index in [1.807, 2.05) is 12.1 Å². The smallest absolute Gasteiger partial charge is 0.229 e. The van der Waals surface area contributed by atoms with Gasteiger partial charge in [0.25, 0.3) is 0 Å². The molecular weight excluding hydrogens is 531 g/mol. The molecule has 0 spiro atoms. The molecule has 0 aliphatic rings. The molecule has 0 atom stereocenters. The van der Waals surface area contributed by atoms with Gasteiger partial charge in [-0.15, -0.1) is 35.2 Å². The summed E-state index contributed by atoms with van der Waals surface area (Å²) in [4.78, 5) is 4.38. The fourth-order valence-corrected chi connectivity index (χ4v) is 5.13. The molecule has 0 aliphatic heterocycles. The Labute approximate surface area is 240 Å². The molecule has 7 aromatic rings. The quantitative estimate of drug-likeness (QED) is 0.175. The van der Waals surface area contributed by atoms with E-state index in [2.05, 4.69) is 119 Å². The molecule has 0 saturated heterocycles. The van der Waals surface area contributed by atoms with Crippen LogP contribution in [0.4, 0.5) is 0 Å². The van der Waals surface area contributed by atoms with Gasteiger partial charge in [0.05, 0.1) is 12.6 Å². The third-order valence-corrected chi connectivity index (χ3v) is 6.92. The fourth-order valence-electron chi connectivity index (χ4n) is 5.13. The van der Waals surface area contributed by atoms with Gasteiger partial charge in [-0.3, -0.25) is 4.57 Å². The minimum Gasteiger partial charge on any atom is -0.445 e. The van der Waals surface area contributed by atoms with Crippen LogP contribution in [0.1, 0.15) is 5.56 Å². The fraction of sp³-hybridized carbons (Fsp3) is 0.0625. The molecule has 0 bridgehead atoms. The van der Waals surface area contributed by atoms with Crippen molar-refractivity contribution in [1.29, 1.82) is 0 Å². The number of hydrogen-bond acceptors (Lipinski definition) is 2. The van der Waals surface area contributed by atoms with Crippen LogP contribution in [-0.2, 0) is 39.8 Å². The number of hydrogen-bond donors (Lipinski definition) is 0. The molecule has 0 amide bonds. The van der Waals surface area contributed by atoms with Crippen LogP contribution < -0.4 is 4.57 Å². The van der Waals surface area contributed by atoms with Crippen LogP contribution in [0.2, 0.25) is 0 Å². The maximum absolute atomic E-state index is 5.47. The molecule has 2 aromatic heterocycles. The van der Waals surface area contributed by atoms with Crippen molar-refractivity contribution in [2.24, 2.45) is 7.05 Å². The van der Waals surface area contributed by atoms with Gasteiger partial charge in [0.15, 0.2) is 17.4 Å². The van der Waals surface area contributed by atoms with E-state index in [4.69, 9.17) is 4.42 Å². The van der Waals surface area contributed by atoms with Crippen LogP contribution in [-0.4, -0.2) is 9.55 Å². The molecule has 7 rings (SSSR count). The first-order valence-electron chi connectivity index (χ1n) is 12.0. The third-order valence-electron chi connectivity index (χ3n) is 6.92.